The smallest absolute Gasteiger partial charge is 0.164 e. The van der Waals surface area contributed by atoms with Crippen LogP contribution in [0.3, 0.4) is 0 Å². The van der Waals surface area contributed by atoms with E-state index in [-0.39, 0.29) is 11.7 Å². The van der Waals surface area contributed by atoms with E-state index in [1.54, 1.807) is 36.4 Å². The van der Waals surface area contributed by atoms with E-state index in [9.17, 15) is 5.11 Å². The van der Waals surface area contributed by atoms with Gasteiger partial charge in [-0.3, -0.25) is 0 Å². The summed E-state index contributed by atoms with van der Waals surface area (Å²) in [6.07, 6.45) is 0. The highest BCUT2D eigenvalue weighted by Crippen LogP contribution is 2.38. The van der Waals surface area contributed by atoms with E-state index in [1.807, 2.05) is 13.8 Å². The monoisotopic (exact) mass is 296 g/mol. The van der Waals surface area contributed by atoms with Crippen molar-refractivity contribution in [3.63, 3.8) is 0 Å². The van der Waals surface area contributed by atoms with Gasteiger partial charge in [0.15, 0.2) is 5.75 Å². The molecular weight excluding hydrogens is 283 g/mol. The summed E-state index contributed by atoms with van der Waals surface area (Å²) in [5, 5.41) is 10.7. The maximum absolute atomic E-state index is 9.77. The Morgan fingerprint density at radius 3 is 2.26 bits per heavy atom. The molecule has 0 aliphatic heterocycles. The van der Waals surface area contributed by atoms with Crippen molar-refractivity contribution in [2.24, 2.45) is 0 Å². The lowest BCUT2D eigenvalue weighted by Gasteiger charge is -2.13. The summed E-state index contributed by atoms with van der Waals surface area (Å²) < 4.78 is 5.71. The van der Waals surface area contributed by atoms with Gasteiger partial charge in [0, 0.05) is 5.56 Å². The predicted molar refractivity (Wildman–Crippen MR) is 78.7 cm³/mol. The third-order valence-electron chi connectivity index (χ3n) is 2.76. The molecule has 1 N–H and O–H groups in total. The number of hydrogen-bond acceptors (Lipinski definition) is 2. The highest BCUT2D eigenvalue weighted by molar-refractivity contribution is 6.37. The van der Waals surface area contributed by atoms with E-state index in [0.29, 0.717) is 21.5 Å². The molecule has 0 fully saturated rings. The number of para-hydroxylation sites is 1. The van der Waals surface area contributed by atoms with Gasteiger partial charge in [0.1, 0.15) is 11.5 Å². The van der Waals surface area contributed by atoms with E-state index in [2.05, 4.69) is 0 Å². The van der Waals surface area contributed by atoms with Crippen molar-refractivity contribution >= 4 is 23.2 Å². The number of rotatable bonds is 3. The van der Waals surface area contributed by atoms with Gasteiger partial charge in [-0.1, -0.05) is 43.1 Å². The van der Waals surface area contributed by atoms with Gasteiger partial charge >= 0.3 is 0 Å². The predicted octanol–water partition coefficient (Wildman–Crippen LogP) is 5.61. The quantitative estimate of drug-likeness (QED) is 0.797. The van der Waals surface area contributed by atoms with Crippen LogP contribution in [0, 0.1) is 0 Å². The number of aromatic hydroxyl groups is 1. The van der Waals surface area contributed by atoms with Crippen molar-refractivity contribution in [1.82, 2.24) is 0 Å². The Kier molecular flexibility index (Phi) is 4.23. The largest absolute Gasteiger partial charge is 0.508 e. The summed E-state index contributed by atoms with van der Waals surface area (Å²) in [6.45, 7) is 4.00. The van der Waals surface area contributed by atoms with Gasteiger partial charge in [-0.25, -0.2) is 0 Å². The molecule has 0 amide bonds. The second-order valence-corrected chi connectivity index (χ2v) is 5.34. The van der Waals surface area contributed by atoms with E-state index >= 15 is 0 Å². The zero-order chi connectivity index (χ0) is 14.0. The van der Waals surface area contributed by atoms with Crippen LogP contribution in [-0.2, 0) is 0 Å². The van der Waals surface area contributed by atoms with Crippen molar-refractivity contribution in [2.75, 3.05) is 0 Å². The first kappa shape index (κ1) is 14.0. The second-order valence-electron chi connectivity index (χ2n) is 4.53. The maximum atomic E-state index is 9.77. The van der Waals surface area contributed by atoms with Crippen LogP contribution in [0.25, 0.3) is 0 Å². The first-order valence-corrected chi connectivity index (χ1v) is 6.69. The molecule has 100 valence electrons. The minimum absolute atomic E-state index is 0.199. The van der Waals surface area contributed by atoms with Crippen LogP contribution in [0.4, 0.5) is 0 Å². The zero-order valence-electron chi connectivity index (χ0n) is 10.7. The van der Waals surface area contributed by atoms with Crippen LogP contribution in [0.2, 0.25) is 10.0 Å². The number of hydrogen-bond donors (Lipinski definition) is 1. The van der Waals surface area contributed by atoms with Crippen molar-refractivity contribution in [3.8, 4) is 17.2 Å². The van der Waals surface area contributed by atoms with Gasteiger partial charge in [0.25, 0.3) is 0 Å². The molecule has 4 heteroatoms. The van der Waals surface area contributed by atoms with Gasteiger partial charge in [-0.05, 0) is 36.2 Å². The number of ether oxygens (including phenoxy) is 1. The lowest BCUT2D eigenvalue weighted by atomic mass is 10.0. The lowest BCUT2D eigenvalue weighted by molar-refractivity contribution is 0.455. The number of phenols is 1. The SMILES string of the molecule is CC(C)c1cc(Oc2c(Cl)cccc2Cl)ccc1O. The molecule has 0 atom stereocenters. The molecule has 0 saturated carbocycles. The number of halogens is 2. The Morgan fingerprint density at radius 1 is 1.05 bits per heavy atom. The lowest BCUT2D eigenvalue weighted by Crippen LogP contribution is -1.91. The van der Waals surface area contributed by atoms with Crippen LogP contribution in [0.15, 0.2) is 36.4 Å². The van der Waals surface area contributed by atoms with Crippen LogP contribution in [0.5, 0.6) is 17.2 Å². The fourth-order valence-corrected chi connectivity index (χ4v) is 2.23. The van der Waals surface area contributed by atoms with Gasteiger partial charge in [0.2, 0.25) is 0 Å². The molecule has 0 aromatic heterocycles. The Labute approximate surface area is 122 Å². The van der Waals surface area contributed by atoms with E-state index in [1.165, 1.54) is 0 Å². The molecule has 2 nitrogen and oxygen atoms in total. The summed E-state index contributed by atoms with van der Waals surface area (Å²) >= 11 is 12.1. The maximum Gasteiger partial charge on any atom is 0.164 e. The highest BCUT2D eigenvalue weighted by atomic mass is 35.5. The van der Waals surface area contributed by atoms with Gasteiger partial charge in [-0.15, -0.1) is 0 Å². The summed E-state index contributed by atoms with van der Waals surface area (Å²) in [4.78, 5) is 0. The van der Waals surface area contributed by atoms with Crippen molar-refractivity contribution < 1.29 is 9.84 Å². The molecule has 0 bridgehead atoms. The molecule has 2 rings (SSSR count). The van der Waals surface area contributed by atoms with Gasteiger partial charge < -0.3 is 9.84 Å². The highest BCUT2D eigenvalue weighted by Gasteiger charge is 2.11. The van der Waals surface area contributed by atoms with Gasteiger partial charge in [0.05, 0.1) is 10.0 Å². The first-order chi connectivity index (χ1) is 8.99. The molecule has 0 unspecified atom stereocenters. The van der Waals surface area contributed by atoms with E-state index in [4.69, 9.17) is 27.9 Å². The third kappa shape index (κ3) is 3.14. The molecule has 0 aliphatic carbocycles. The number of phenolic OH excluding ortho intramolecular Hbond substituents is 1. The molecular formula is C15H14Cl2O2. The summed E-state index contributed by atoms with van der Waals surface area (Å²) in [7, 11) is 0. The average Bonchev–Trinajstić information content (AvgIpc) is 2.35. The van der Waals surface area contributed by atoms with Crippen molar-refractivity contribution in [3.05, 3.63) is 52.0 Å². The second kappa shape index (κ2) is 5.72. The molecule has 2 aromatic rings. The summed E-state index contributed by atoms with van der Waals surface area (Å²) in [5.41, 5.74) is 0.820. The fraction of sp³-hybridized carbons (Fsp3) is 0.200. The minimum atomic E-state index is 0.199. The molecule has 0 saturated heterocycles. The summed E-state index contributed by atoms with van der Waals surface area (Å²) in [6, 6.07) is 10.3. The molecule has 19 heavy (non-hydrogen) atoms. The Bertz CT molecular complexity index is 574. The standard InChI is InChI=1S/C15H14Cl2O2/c1-9(2)11-8-10(6-7-14(11)18)19-15-12(16)4-3-5-13(15)17/h3-9,18H,1-2H3. The fourth-order valence-electron chi connectivity index (χ4n) is 1.76. The van der Waals surface area contributed by atoms with E-state index < -0.39 is 0 Å². The molecule has 2 aromatic carbocycles. The van der Waals surface area contributed by atoms with E-state index in [0.717, 1.165) is 5.56 Å². The Morgan fingerprint density at radius 2 is 1.68 bits per heavy atom. The Hall–Kier alpha value is -1.38. The topological polar surface area (TPSA) is 29.5 Å². The van der Waals surface area contributed by atoms with Crippen molar-refractivity contribution in [2.45, 2.75) is 19.8 Å². The normalized spacial score (nSPS) is 10.8. The molecule has 0 spiro atoms. The summed E-state index contributed by atoms with van der Waals surface area (Å²) in [5.74, 6) is 1.47. The van der Waals surface area contributed by atoms with Gasteiger partial charge in [-0.2, -0.15) is 0 Å². The van der Waals surface area contributed by atoms with Crippen LogP contribution in [-0.4, -0.2) is 5.11 Å². The van der Waals surface area contributed by atoms with Crippen LogP contribution < -0.4 is 4.74 Å². The first-order valence-electron chi connectivity index (χ1n) is 5.94. The average molecular weight is 297 g/mol. The third-order valence-corrected chi connectivity index (χ3v) is 3.36. The molecule has 0 heterocycles. The Balaban J connectivity index is 2.36. The van der Waals surface area contributed by atoms with Crippen LogP contribution in [0.1, 0.15) is 25.3 Å². The van der Waals surface area contributed by atoms with Crippen LogP contribution >= 0.6 is 23.2 Å². The van der Waals surface area contributed by atoms with Crippen molar-refractivity contribution in [1.29, 1.82) is 0 Å². The molecule has 0 radical (unpaired) electrons. The molecule has 0 aliphatic rings. The minimum Gasteiger partial charge on any atom is -0.508 e. The number of benzene rings is 2. The zero-order valence-corrected chi connectivity index (χ0v) is 12.2.